The molecule has 2 aromatic rings. The lowest BCUT2D eigenvalue weighted by atomic mass is 10.3. The first-order chi connectivity index (χ1) is 11.6. The molecule has 124 valence electrons. The summed E-state index contributed by atoms with van der Waals surface area (Å²) in [6.07, 6.45) is 1.45. The third kappa shape index (κ3) is 3.90. The standard InChI is InChI=1S/C18H17FN2O3/c19-13-3-1-4-14(11-13)20-17(22)12-24-16-8-6-15(7-9-16)21-10-2-5-18(21)23/h1,3-4,6-9,11H,2,5,10,12H2,(H,20,22). The van der Waals surface area contributed by atoms with Crippen molar-refractivity contribution in [3.63, 3.8) is 0 Å². The van der Waals surface area contributed by atoms with Gasteiger partial charge < -0.3 is 15.0 Å². The van der Waals surface area contributed by atoms with Gasteiger partial charge in [0.05, 0.1) is 0 Å². The summed E-state index contributed by atoms with van der Waals surface area (Å²) in [4.78, 5) is 25.2. The predicted molar refractivity (Wildman–Crippen MR) is 88.6 cm³/mol. The Kier molecular flexibility index (Phi) is 4.74. The summed E-state index contributed by atoms with van der Waals surface area (Å²) < 4.78 is 18.5. The molecule has 1 N–H and O–H groups in total. The number of hydrogen-bond acceptors (Lipinski definition) is 3. The zero-order valence-electron chi connectivity index (χ0n) is 13.0. The van der Waals surface area contributed by atoms with Crippen LogP contribution in [-0.4, -0.2) is 25.0 Å². The molecule has 3 rings (SSSR count). The van der Waals surface area contributed by atoms with E-state index in [4.69, 9.17) is 4.74 Å². The van der Waals surface area contributed by atoms with Gasteiger partial charge in [-0.15, -0.1) is 0 Å². The van der Waals surface area contributed by atoms with E-state index in [0.717, 1.165) is 18.7 Å². The molecule has 5 nitrogen and oxygen atoms in total. The fourth-order valence-corrected chi connectivity index (χ4v) is 2.56. The largest absolute Gasteiger partial charge is 0.484 e. The van der Waals surface area contributed by atoms with Gasteiger partial charge >= 0.3 is 0 Å². The molecule has 1 fully saturated rings. The summed E-state index contributed by atoms with van der Waals surface area (Å²) in [5.41, 5.74) is 1.21. The van der Waals surface area contributed by atoms with Crippen LogP contribution in [0.5, 0.6) is 5.75 Å². The summed E-state index contributed by atoms with van der Waals surface area (Å²) >= 11 is 0. The molecule has 6 heteroatoms. The monoisotopic (exact) mass is 328 g/mol. The van der Waals surface area contributed by atoms with E-state index in [-0.39, 0.29) is 18.4 Å². The highest BCUT2D eigenvalue weighted by molar-refractivity contribution is 5.95. The Morgan fingerprint density at radius 1 is 1.21 bits per heavy atom. The highest BCUT2D eigenvalue weighted by Crippen LogP contribution is 2.23. The number of rotatable bonds is 5. The first kappa shape index (κ1) is 16.0. The second kappa shape index (κ2) is 7.12. The van der Waals surface area contributed by atoms with Crippen LogP contribution in [0.4, 0.5) is 15.8 Å². The summed E-state index contributed by atoms with van der Waals surface area (Å²) in [6, 6.07) is 12.7. The van der Waals surface area contributed by atoms with Gasteiger partial charge in [0.1, 0.15) is 11.6 Å². The number of ether oxygens (including phenoxy) is 1. The molecule has 0 aliphatic carbocycles. The Labute approximate surface area is 139 Å². The zero-order valence-corrected chi connectivity index (χ0v) is 13.0. The Morgan fingerprint density at radius 3 is 2.67 bits per heavy atom. The van der Waals surface area contributed by atoms with Crippen LogP contribution in [0, 0.1) is 5.82 Å². The number of carbonyl (C=O) groups is 2. The molecule has 0 aromatic heterocycles. The first-order valence-electron chi connectivity index (χ1n) is 7.70. The number of benzene rings is 2. The molecule has 0 saturated carbocycles. The quantitative estimate of drug-likeness (QED) is 0.918. The fourth-order valence-electron chi connectivity index (χ4n) is 2.56. The van der Waals surface area contributed by atoms with Gasteiger partial charge in [-0.25, -0.2) is 4.39 Å². The van der Waals surface area contributed by atoms with Crippen molar-refractivity contribution in [3.8, 4) is 5.75 Å². The number of hydrogen-bond donors (Lipinski definition) is 1. The molecular formula is C18H17FN2O3. The van der Waals surface area contributed by atoms with Crippen molar-refractivity contribution in [1.82, 2.24) is 0 Å². The van der Waals surface area contributed by atoms with Crippen LogP contribution in [0.2, 0.25) is 0 Å². The molecule has 2 amide bonds. The van der Waals surface area contributed by atoms with Gasteiger partial charge in [-0.1, -0.05) is 6.07 Å². The minimum atomic E-state index is -0.416. The average molecular weight is 328 g/mol. The highest BCUT2D eigenvalue weighted by atomic mass is 19.1. The number of nitrogens with zero attached hydrogens (tertiary/aromatic N) is 1. The lowest BCUT2D eigenvalue weighted by molar-refractivity contribution is -0.118. The lowest BCUT2D eigenvalue weighted by Gasteiger charge is -2.16. The Bertz CT molecular complexity index is 746. The normalized spacial score (nSPS) is 13.9. The third-order valence-electron chi connectivity index (χ3n) is 3.70. The van der Waals surface area contributed by atoms with Crippen molar-refractivity contribution in [2.45, 2.75) is 12.8 Å². The molecule has 0 atom stereocenters. The second-order valence-corrected chi connectivity index (χ2v) is 5.49. The molecule has 0 radical (unpaired) electrons. The lowest BCUT2D eigenvalue weighted by Crippen LogP contribution is -2.23. The molecule has 24 heavy (non-hydrogen) atoms. The van der Waals surface area contributed by atoms with Crippen LogP contribution in [0.1, 0.15) is 12.8 Å². The Balaban J connectivity index is 1.53. The average Bonchev–Trinajstić information content (AvgIpc) is 2.99. The van der Waals surface area contributed by atoms with E-state index < -0.39 is 5.82 Å². The maximum Gasteiger partial charge on any atom is 0.262 e. The van der Waals surface area contributed by atoms with Crippen LogP contribution in [0.3, 0.4) is 0 Å². The van der Waals surface area contributed by atoms with Crippen molar-refractivity contribution < 1.29 is 18.7 Å². The molecule has 0 unspecified atom stereocenters. The second-order valence-electron chi connectivity index (χ2n) is 5.49. The van der Waals surface area contributed by atoms with E-state index in [9.17, 15) is 14.0 Å². The molecule has 2 aromatic carbocycles. The summed E-state index contributed by atoms with van der Waals surface area (Å²) in [5.74, 6) is -0.141. The number of nitrogens with one attached hydrogen (secondary N) is 1. The van der Waals surface area contributed by atoms with Crippen LogP contribution in [0.15, 0.2) is 48.5 Å². The zero-order chi connectivity index (χ0) is 16.9. The highest BCUT2D eigenvalue weighted by Gasteiger charge is 2.21. The van der Waals surface area contributed by atoms with E-state index >= 15 is 0 Å². The maximum atomic E-state index is 13.1. The van der Waals surface area contributed by atoms with Crippen LogP contribution < -0.4 is 15.0 Å². The molecule has 0 spiro atoms. The van der Waals surface area contributed by atoms with E-state index in [1.54, 1.807) is 35.2 Å². The molecule has 1 aliphatic rings. The van der Waals surface area contributed by atoms with E-state index in [2.05, 4.69) is 5.32 Å². The number of halogens is 1. The minimum absolute atomic E-state index is 0.123. The summed E-state index contributed by atoms with van der Waals surface area (Å²) in [5, 5.41) is 2.56. The number of carbonyl (C=O) groups excluding carboxylic acids is 2. The minimum Gasteiger partial charge on any atom is -0.484 e. The molecule has 1 saturated heterocycles. The molecule has 1 heterocycles. The van der Waals surface area contributed by atoms with Crippen molar-refractivity contribution in [2.24, 2.45) is 0 Å². The van der Waals surface area contributed by atoms with Crippen LogP contribution in [-0.2, 0) is 9.59 Å². The van der Waals surface area contributed by atoms with Crippen LogP contribution >= 0.6 is 0 Å². The topological polar surface area (TPSA) is 58.6 Å². The van der Waals surface area contributed by atoms with Gasteiger partial charge in [0.2, 0.25) is 5.91 Å². The molecular weight excluding hydrogens is 311 g/mol. The summed E-state index contributed by atoms with van der Waals surface area (Å²) in [6.45, 7) is 0.549. The van der Waals surface area contributed by atoms with E-state index in [1.807, 2.05) is 0 Å². The van der Waals surface area contributed by atoms with Crippen molar-refractivity contribution in [1.29, 1.82) is 0 Å². The SMILES string of the molecule is O=C(COc1ccc(N2CCCC2=O)cc1)Nc1cccc(F)c1. The number of amides is 2. The van der Waals surface area contributed by atoms with Gasteiger partial charge in [0, 0.05) is 24.3 Å². The Morgan fingerprint density at radius 2 is 2.00 bits per heavy atom. The Hall–Kier alpha value is -2.89. The molecule has 1 aliphatic heterocycles. The summed E-state index contributed by atoms with van der Waals surface area (Å²) in [7, 11) is 0. The fraction of sp³-hybridized carbons (Fsp3) is 0.222. The van der Waals surface area contributed by atoms with Gasteiger partial charge in [0.25, 0.3) is 5.91 Å². The third-order valence-corrected chi connectivity index (χ3v) is 3.70. The van der Waals surface area contributed by atoms with Crippen molar-refractivity contribution in [2.75, 3.05) is 23.4 Å². The van der Waals surface area contributed by atoms with E-state index in [0.29, 0.717) is 17.9 Å². The van der Waals surface area contributed by atoms with Crippen LogP contribution in [0.25, 0.3) is 0 Å². The maximum absolute atomic E-state index is 13.1. The number of anilines is 2. The van der Waals surface area contributed by atoms with Crippen molar-refractivity contribution >= 4 is 23.2 Å². The van der Waals surface area contributed by atoms with E-state index in [1.165, 1.54) is 18.2 Å². The van der Waals surface area contributed by atoms with Gasteiger partial charge in [0.15, 0.2) is 6.61 Å². The van der Waals surface area contributed by atoms with Gasteiger partial charge in [-0.2, -0.15) is 0 Å². The van der Waals surface area contributed by atoms with Gasteiger partial charge in [-0.3, -0.25) is 9.59 Å². The van der Waals surface area contributed by atoms with Gasteiger partial charge in [-0.05, 0) is 48.9 Å². The predicted octanol–water partition coefficient (Wildman–Crippen LogP) is 2.97. The first-order valence-corrected chi connectivity index (χ1v) is 7.70. The molecule has 0 bridgehead atoms. The smallest absolute Gasteiger partial charge is 0.262 e. The van der Waals surface area contributed by atoms with Crippen molar-refractivity contribution in [3.05, 3.63) is 54.3 Å².